The molecule has 0 bridgehead atoms. The van der Waals surface area contributed by atoms with Gasteiger partial charge >= 0.3 is 0 Å². The van der Waals surface area contributed by atoms with Crippen molar-refractivity contribution in [2.75, 3.05) is 19.8 Å². The van der Waals surface area contributed by atoms with Crippen molar-refractivity contribution in [3.63, 3.8) is 0 Å². The third-order valence-corrected chi connectivity index (χ3v) is 4.94. The molecule has 0 saturated carbocycles. The molecule has 98 valence electrons. The summed E-state index contributed by atoms with van der Waals surface area (Å²) >= 11 is 0. The van der Waals surface area contributed by atoms with Gasteiger partial charge in [-0.15, -0.1) is 0 Å². The zero-order valence-electron chi connectivity index (χ0n) is 11.2. The van der Waals surface area contributed by atoms with Gasteiger partial charge in [-0.05, 0) is 54.8 Å². The zero-order chi connectivity index (χ0) is 12.6. The molecule has 1 aromatic rings. The maximum absolute atomic E-state index is 5.89. The summed E-state index contributed by atoms with van der Waals surface area (Å²) in [6.07, 6.45) is 5.19. The quantitative estimate of drug-likeness (QED) is 0.887. The molecule has 1 fully saturated rings. The summed E-state index contributed by atoms with van der Waals surface area (Å²) in [5, 5.41) is 0. The first-order valence-electron chi connectivity index (χ1n) is 7.16. The van der Waals surface area contributed by atoms with Crippen molar-refractivity contribution in [2.45, 2.75) is 38.0 Å². The highest BCUT2D eigenvalue weighted by atomic mass is 16.5. The number of rotatable bonds is 3. The summed E-state index contributed by atoms with van der Waals surface area (Å²) in [5.74, 6) is 0.493. The minimum Gasteiger partial charge on any atom is -0.379 e. The Kier molecular flexibility index (Phi) is 3.16. The van der Waals surface area contributed by atoms with Gasteiger partial charge in [-0.2, -0.15) is 0 Å². The third kappa shape index (κ3) is 1.79. The second-order valence-corrected chi connectivity index (χ2v) is 5.98. The van der Waals surface area contributed by atoms with E-state index in [2.05, 4.69) is 25.1 Å². The fraction of sp³-hybridized carbons (Fsp3) is 0.625. The van der Waals surface area contributed by atoms with Gasteiger partial charge in [0.15, 0.2) is 0 Å². The maximum atomic E-state index is 5.89. The lowest BCUT2D eigenvalue weighted by Gasteiger charge is -2.46. The molecule has 2 nitrogen and oxygen atoms in total. The number of aryl methyl sites for hydroxylation is 2. The minimum absolute atomic E-state index is 0.182. The first-order valence-corrected chi connectivity index (χ1v) is 7.16. The van der Waals surface area contributed by atoms with Gasteiger partial charge in [-0.3, -0.25) is 0 Å². The average molecular weight is 245 g/mol. The lowest BCUT2D eigenvalue weighted by atomic mass is 9.68. The molecule has 1 unspecified atom stereocenters. The molecule has 1 heterocycles. The average Bonchev–Trinajstić information content (AvgIpc) is 2.37. The van der Waals surface area contributed by atoms with Crippen LogP contribution in [0.1, 0.15) is 36.5 Å². The van der Waals surface area contributed by atoms with Gasteiger partial charge in [0.1, 0.15) is 0 Å². The largest absolute Gasteiger partial charge is 0.379 e. The number of ether oxygens (including phenoxy) is 1. The Balaban J connectivity index is 1.96. The van der Waals surface area contributed by atoms with Crippen LogP contribution < -0.4 is 5.73 Å². The Morgan fingerprint density at radius 2 is 1.94 bits per heavy atom. The molecule has 1 aliphatic heterocycles. The fourth-order valence-electron chi connectivity index (χ4n) is 3.33. The maximum Gasteiger partial charge on any atom is 0.0588 e. The van der Waals surface area contributed by atoms with E-state index < -0.39 is 0 Å². The van der Waals surface area contributed by atoms with E-state index in [-0.39, 0.29) is 5.41 Å². The summed E-state index contributed by atoms with van der Waals surface area (Å²) in [6, 6.07) is 7.09. The van der Waals surface area contributed by atoms with Crippen molar-refractivity contribution in [1.29, 1.82) is 0 Å². The first kappa shape index (κ1) is 12.2. The second-order valence-electron chi connectivity index (χ2n) is 5.98. The smallest absolute Gasteiger partial charge is 0.0588 e. The van der Waals surface area contributed by atoms with Crippen molar-refractivity contribution < 1.29 is 4.74 Å². The van der Waals surface area contributed by atoms with Crippen LogP contribution in [0.25, 0.3) is 0 Å². The van der Waals surface area contributed by atoms with Crippen molar-refractivity contribution in [3.05, 3.63) is 34.9 Å². The van der Waals surface area contributed by atoms with E-state index in [0.29, 0.717) is 5.92 Å². The van der Waals surface area contributed by atoms with Gasteiger partial charge in [0.05, 0.1) is 13.2 Å². The summed E-state index contributed by atoms with van der Waals surface area (Å²) in [4.78, 5) is 0. The van der Waals surface area contributed by atoms with E-state index in [0.717, 1.165) is 19.8 Å². The van der Waals surface area contributed by atoms with Crippen LogP contribution in [-0.4, -0.2) is 19.8 Å². The molecule has 2 N–H and O–H groups in total. The molecule has 1 atom stereocenters. The van der Waals surface area contributed by atoms with Crippen molar-refractivity contribution in [1.82, 2.24) is 0 Å². The highest BCUT2D eigenvalue weighted by Crippen LogP contribution is 2.40. The monoisotopic (exact) mass is 245 g/mol. The number of hydrogen-bond acceptors (Lipinski definition) is 2. The van der Waals surface area contributed by atoms with E-state index in [1.807, 2.05) is 0 Å². The normalized spacial score (nSPS) is 23.0. The van der Waals surface area contributed by atoms with E-state index >= 15 is 0 Å². The van der Waals surface area contributed by atoms with Crippen LogP contribution in [0.3, 0.4) is 0 Å². The van der Waals surface area contributed by atoms with Crippen LogP contribution in [0.5, 0.6) is 0 Å². The number of benzene rings is 1. The number of fused-ring (bicyclic) bond motifs is 1. The predicted octanol–water partition coefficient (Wildman–Crippen LogP) is 2.43. The fourth-order valence-corrected chi connectivity index (χ4v) is 3.33. The van der Waals surface area contributed by atoms with Crippen molar-refractivity contribution in [3.8, 4) is 0 Å². The molecule has 18 heavy (non-hydrogen) atoms. The van der Waals surface area contributed by atoms with Gasteiger partial charge < -0.3 is 10.5 Å². The molecule has 2 aliphatic rings. The van der Waals surface area contributed by atoms with Crippen LogP contribution in [0.2, 0.25) is 0 Å². The van der Waals surface area contributed by atoms with E-state index in [1.54, 1.807) is 11.1 Å². The number of nitrogens with two attached hydrogens (primary N) is 1. The lowest BCUT2D eigenvalue weighted by Crippen LogP contribution is -2.53. The summed E-state index contributed by atoms with van der Waals surface area (Å²) in [6.45, 7) is 4.66. The molecule has 2 heteroatoms. The van der Waals surface area contributed by atoms with E-state index in [9.17, 15) is 0 Å². The Morgan fingerprint density at radius 3 is 2.56 bits per heavy atom. The molecule has 1 aromatic carbocycles. The van der Waals surface area contributed by atoms with Gasteiger partial charge in [0, 0.05) is 5.41 Å². The van der Waals surface area contributed by atoms with Crippen LogP contribution >= 0.6 is 0 Å². The molecular weight excluding hydrogens is 222 g/mol. The molecule has 0 aromatic heterocycles. The molecule has 3 rings (SSSR count). The third-order valence-electron chi connectivity index (χ3n) is 4.94. The Hall–Kier alpha value is -0.860. The molecular formula is C16H23NO. The van der Waals surface area contributed by atoms with Crippen LogP contribution in [0, 0.1) is 5.92 Å². The van der Waals surface area contributed by atoms with Gasteiger partial charge in [0.2, 0.25) is 0 Å². The standard InChI is InChI=1S/C16H23NO/c1-12(9-17)16(10-18-11-16)15-7-6-13-4-2-3-5-14(13)8-15/h6-8,12H,2-5,9-11,17H2,1H3. The van der Waals surface area contributed by atoms with Gasteiger partial charge in [-0.1, -0.05) is 25.1 Å². The van der Waals surface area contributed by atoms with Gasteiger partial charge in [-0.25, -0.2) is 0 Å². The Bertz CT molecular complexity index is 437. The Morgan fingerprint density at radius 1 is 1.22 bits per heavy atom. The van der Waals surface area contributed by atoms with Crippen LogP contribution in [-0.2, 0) is 23.0 Å². The summed E-state index contributed by atoms with van der Waals surface area (Å²) < 4.78 is 5.50. The summed E-state index contributed by atoms with van der Waals surface area (Å²) in [5.41, 5.74) is 10.6. The first-order chi connectivity index (χ1) is 8.76. The summed E-state index contributed by atoms with van der Waals surface area (Å²) in [7, 11) is 0. The van der Waals surface area contributed by atoms with E-state index in [1.165, 1.54) is 31.2 Å². The lowest BCUT2D eigenvalue weighted by molar-refractivity contribution is -0.0854. The van der Waals surface area contributed by atoms with E-state index in [4.69, 9.17) is 10.5 Å². The second kappa shape index (κ2) is 4.67. The highest BCUT2D eigenvalue weighted by Gasteiger charge is 2.44. The van der Waals surface area contributed by atoms with Crippen LogP contribution in [0.15, 0.2) is 18.2 Å². The minimum atomic E-state index is 0.182. The molecule has 1 aliphatic carbocycles. The van der Waals surface area contributed by atoms with Crippen LogP contribution in [0.4, 0.5) is 0 Å². The number of hydrogen-bond donors (Lipinski definition) is 1. The molecule has 0 spiro atoms. The molecule has 0 radical (unpaired) electrons. The molecule has 1 saturated heterocycles. The van der Waals surface area contributed by atoms with Gasteiger partial charge in [0.25, 0.3) is 0 Å². The van der Waals surface area contributed by atoms with Crippen molar-refractivity contribution in [2.24, 2.45) is 11.7 Å². The zero-order valence-corrected chi connectivity index (χ0v) is 11.2. The highest BCUT2D eigenvalue weighted by molar-refractivity contribution is 5.39. The predicted molar refractivity (Wildman–Crippen MR) is 73.8 cm³/mol. The van der Waals surface area contributed by atoms with Crippen molar-refractivity contribution >= 4 is 0 Å². The molecule has 0 amide bonds. The SMILES string of the molecule is CC(CN)C1(c2ccc3c(c2)CCCC3)COC1. The Labute approximate surface area is 110 Å². The topological polar surface area (TPSA) is 35.2 Å².